The van der Waals surface area contributed by atoms with Gasteiger partial charge in [0.2, 0.25) is 0 Å². The van der Waals surface area contributed by atoms with E-state index < -0.39 is 0 Å². The van der Waals surface area contributed by atoms with Crippen molar-refractivity contribution in [2.24, 2.45) is 5.73 Å². The summed E-state index contributed by atoms with van der Waals surface area (Å²) >= 11 is 0. The number of nitrogens with two attached hydrogens (primary N) is 1. The van der Waals surface area contributed by atoms with Crippen LogP contribution in [0.4, 0.5) is 0 Å². The van der Waals surface area contributed by atoms with E-state index in [9.17, 15) is 5.26 Å². The van der Waals surface area contributed by atoms with Gasteiger partial charge in [-0.1, -0.05) is 49.4 Å². The summed E-state index contributed by atoms with van der Waals surface area (Å²) < 4.78 is 5.60. The van der Waals surface area contributed by atoms with Crippen molar-refractivity contribution in [1.29, 1.82) is 5.26 Å². The highest BCUT2D eigenvalue weighted by molar-refractivity contribution is 5.96. The fourth-order valence-corrected chi connectivity index (χ4v) is 2.00. The molecule has 2 aromatic carbocycles. The van der Waals surface area contributed by atoms with Crippen LogP contribution in [-0.2, 0) is 0 Å². The Morgan fingerprint density at radius 2 is 1.81 bits per heavy atom. The molecule has 0 fully saturated rings. The molecule has 0 saturated carbocycles. The molecule has 2 rings (SSSR count). The third-order valence-corrected chi connectivity index (χ3v) is 3.06. The van der Waals surface area contributed by atoms with E-state index in [2.05, 4.69) is 13.0 Å². The SMILES string of the molecule is CCCOc1cccc(/C(N)=C(/C#N)c2ccccc2)c1. The van der Waals surface area contributed by atoms with Gasteiger partial charge in [0.05, 0.1) is 17.9 Å². The Bertz CT molecular complexity index is 669. The Morgan fingerprint density at radius 1 is 1.10 bits per heavy atom. The Kier molecular flexibility index (Phi) is 5.00. The van der Waals surface area contributed by atoms with Gasteiger partial charge in [-0.15, -0.1) is 0 Å². The molecule has 0 radical (unpaired) electrons. The molecule has 2 aromatic rings. The summed E-state index contributed by atoms with van der Waals surface area (Å²) in [5.74, 6) is 0.766. The normalized spacial score (nSPS) is 11.4. The monoisotopic (exact) mass is 278 g/mol. The predicted molar refractivity (Wildman–Crippen MR) is 85.3 cm³/mol. The zero-order chi connectivity index (χ0) is 15.1. The second-order valence-corrected chi connectivity index (χ2v) is 4.64. The van der Waals surface area contributed by atoms with E-state index in [0.717, 1.165) is 23.3 Å². The summed E-state index contributed by atoms with van der Waals surface area (Å²) in [5, 5.41) is 9.40. The molecule has 2 N–H and O–H groups in total. The first-order valence-corrected chi connectivity index (χ1v) is 6.94. The summed E-state index contributed by atoms with van der Waals surface area (Å²) in [6, 6.07) is 19.2. The summed E-state index contributed by atoms with van der Waals surface area (Å²) in [7, 11) is 0. The van der Waals surface area contributed by atoms with Gasteiger partial charge in [0, 0.05) is 5.56 Å². The van der Waals surface area contributed by atoms with Gasteiger partial charge in [-0.25, -0.2) is 0 Å². The summed E-state index contributed by atoms with van der Waals surface area (Å²) in [5.41, 5.74) is 8.73. The van der Waals surface area contributed by atoms with Crippen molar-refractivity contribution in [2.75, 3.05) is 6.61 Å². The van der Waals surface area contributed by atoms with E-state index in [4.69, 9.17) is 10.5 Å². The number of allylic oxidation sites excluding steroid dienone is 1. The van der Waals surface area contributed by atoms with Gasteiger partial charge in [0.1, 0.15) is 11.8 Å². The van der Waals surface area contributed by atoms with Crippen molar-refractivity contribution in [3.8, 4) is 11.8 Å². The Labute approximate surface area is 125 Å². The van der Waals surface area contributed by atoms with Crippen LogP contribution in [0.5, 0.6) is 5.75 Å². The van der Waals surface area contributed by atoms with Crippen LogP contribution in [-0.4, -0.2) is 6.61 Å². The van der Waals surface area contributed by atoms with E-state index >= 15 is 0 Å². The second kappa shape index (κ2) is 7.16. The van der Waals surface area contributed by atoms with Crippen molar-refractivity contribution in [3.05, 3.63) is 65.7 Å². The summed E-state index contributed by atoms with van der Waals surface area (Å²) in [6.45, 7) is 2.72. The molecule has 0 aromatic heterocycles. The van der Waals surface area contributed by atoms with Gasteiger partial charge in [0.25, 0.3) is 0 Å². The first-order chi connectivity index (χ1) is 10.3. The maximum absolute atomic E-state index is 9.40. The first-order valence-electron chi connectivity index (χ1n) is 6.94. The molecule has 0 amide bonds. The fraction of sp³-hybridized carbons (Fsp3) is 0.167. The number of ether oxygens (including phenoxy) is 1. The number of hydrogen-bond acceptors (Lipinski definition) is 3. The molecular formula is C18H18N2O. The number of nitriles is 1. The number of rotatable bonds is 5. The van der Waals surface area contributed by atoms with Crippen molar-refractivity contribution in [1.82, 2.24) is 0 Å². The number of hydrogen-bond donors (Lipinski definition) is 1. The largest absolute Gasteiger partial charge is 0.494 e. The molecule has 0 unspecified atom stereocenters. The molecule has 3 heteroatoms. The van der Waals surface area contributed by atoms with E-state index in [0.29, 0.717) is 17.9 Å². The van der Waals surface area contributed by atoms with Crippen LogP contribution in [0.3, 0.4) is 0 Å². The Balaban J connectivity index is 2.39. The highest BCUT2D eigenvalue weighted by Gasteiger charge is 2.08. The Hall–Kier alpha value is -2.73. The van der Waals surface area contributed by atoms with E-state index in [1.807, 2.05) is 54.6 Å². The lowest BCUT2D eigenvalue weighted by Crippen LogP contribution is -2.02. The summed E-state index contributed by atoms with van der Waals surface area (Å²) in [6.07, 6.45) is 0.947. The smallest absolute Gasteiger partial charge is 0.119 e. The van der Waals surface area contributed by atoms with Gasteiger partial charge >= 0.3 is 0 Å². The first kappa shape index (κ1) is 14.7. The van der Waals surface area contributed by atoms with Crippen LogP contribution in [0, 0.1) is 11.3 Å². The molecular weight excluding hydrogens is 260 g/mol. The van der Waals surface area contributed by atoms with E-state index in [1.54, 1.807) is 0 Å². The zero-order valence-electron chi connectivity index (χ0n) is 12.0. The van der Waals surface area contributed by atoms with Crippen LogP contribution < -0.4 is 10.5 Å². The molecule has 0 heterocycles. The fourth-order valence-electron chi connectivity index (χ4n) is 2.00. The van der Waals surface area contributed by atoms with Crippen LogP contribution >= 0.6 is 0 Å². The average Bonchev–Trinajstić information content (AvgIpc) is 2.55. The van der Waals surface area contributed by atoms with Crippen LogP contribution in [0.15, 0.2) is 54.6 Å². The van der Waals surface area contributed by atoms with E-state index in [-0.39, 0.29) is 0 Å². The lowest BCUT2D eigenvalue weighted by Gasteiger charge is -2.09. The molecule has 0 saturated heterocycles. The van der Waals surface area contributed by atoms with Crippen LogP contribution in [0.2, 0.25) is 0 Å². The minimum atomic E-state index is 0.464. The molecule has 0 spiro atoms. The molecule has 0 aliphatic heterocycles. The minimum Gasteiger partial charge on any atom is -0.494 e. The van der Waals surface area contributed by atoms with Crippen LogP contribution in [0.1, 0.15) is 24.5 Å². The van der Waals surface area contributed by atoms with Gasteiger partial charge in [-0.2, -0.15) is 5.26 Å². The maximum Gasteiger partial charge on any atom is 0.119 e. The molecule has 0 aliphatic carbocycles. The van der Waals surface area contributed by atoms with Crippen molar-refractivity contribution < 1.29 is 4.74 Å². The Morgan fingerprint density at radius 3 is 2.48 bits per heavy atom. The topological polar surface area (TPSA) is 59.0 Å². The highest BCUT2D eigenvalue weighted by atomic mass is 16.5. The average molecular weight is 278 g/mol. The van der Waals surface area contributed by atoms with Crippen LogP contribution in [0.25, 0.3) is 11.3 Å². The quantitative estimate of drug-likeness (QED) is 0.668. The zero-order valence-corrected chi connectivity index (χ0v) is 12.0. The predicted octanol–water partition coefficient (Wildman–Crippen LogP) is 3.83. The van der Waals surface area contributed by atoms with Crippen molar-refractivity contribution in [3.63, 3.8) is 0 Å². The molecule has 0 aliphatic rings. The molecule has 21 heavy (non-hydrogen) atoms. The second-order valence-electron chi connectivity index (χ2n) is 4.64. The van der Waals surface area contributed by atoms with Gasteiger partial charge in [0.15, 0.2) is 0 Å². The molecule has 3 nitrogen and oxygen atoms in total. The third-order valence-electron chi connectivity index (χ3n) is 3.06. The van der Waals surface area contributed by atoms with Gasteiger partial charge in [-0.05, 0) is 24.1 Å². The summed E-state index contributed by atoms with van der Waals surface area (Å²) in [4.78, 5) is 0. The van der Waals surface area contributed by atoms with Crippen molar-refractivity contribution in [2.45, 2.75) is 13.3 Å². The standard InChI is InChI=1S/C18H18N2O/c1-2-11-21-16-10-6-9-15(12-16)18(20)17(13-19)14-7-4-3-5-8-14/h3-10,12H,2,11,20H2,1H3/b18-17+. The maximum atomic E-state index is 9.40. The minimum absolute atomic E-state index is 0.464. The molecule has 0 atom stereocenters. The lowest BCUT2D eigenvalue weighted by molar-refractivity contribution is 0.317. The highest BCUT2D eigenvalue weighted by Crippen LogP contribution is 2.24. The lowest BCUT2D eigenvalue weighted by atomic mass is 10.0. The number of benzene rings is 2. The van der Waals surface area contributed by atoms with Crippen molar-refractivity contribution >= 4 is 11.3 Å². The van der Waals surface area contributed by atoms with E-state index in [1.165, 1.54) is 0 Å². The third kappa shape index (κ3) is 3.64. The van der Waals surface area contributed by atoms with Gasteiger partial charge in [-0.3, -0.25) is 0 Å². The molecule has 0 bridgehead atoms. The molecule has 106 valence electrons. The van der Waals surface area contributed by atoms with Gasteiger partial charge < -0.3 is 10.5 Å². The number of nitrogens with zero attached hydrogens (tertiary/aromatic N) is 1.